The standard InChI is InChI=1S/C12H13F5O/c1-2-8-5-3-4-6-9(8)10(18)7-11(13,14)12(15,16)17/h3-6,10,18H,2,7H2,1H3. The Labute approximate surface area is 101 Å². The molecule has 0 aliphatic carbocycles. The summed E-state index contributed by atoms with van der Waals surface area (Å²) in [7, 11) is 0. The quantitative estimate of drug-likeness (QED) is 0.822. The molecule has 0 spiro atoms. The summed E-state index contributed by atoms with van der Waals surface area (Å²) in [6.07, 6.45) is -8.69. The Morgan fingerprint density at radius 2 is 1.67 bits per heavy atom. The van der Waals surface area contributed by atoms with Crippen molar-refractivity contribution in [2.75, 3.05) is 0 Å². The van der Waals surface area contributed by atoms with Crippen LogP contribution in [0.25, 0.3) is 0 Å². The second-order valence-corrected chi connectivity index (χ2v) is 3.97. The van der Waals surface area contributed by atoms with Crippen molar-refractivity contribution in [3.8, 4) is 0 Å². The van der Waals surface area contributed by atoms with Crippen molar-refractivity contribution in [1.29, 1.82) is 0 Å². The van der Waals surface area contributed by atoms with E-state index in [0.717, 1.165) is 0 Å². The second-order valence-electron chi connectivity index (χ2n) is 3.97. The summed E-state index contributed by atoms with van der Waals surface area (Å²) in [4.78, 5) is 0. The maximum atomic E-state index is 12.8. The molecule has 1 aromatic carbocycles. The summed E-state index contributed by atoms with van der Waals surface area (Å²) in [6, 6.07) is 6.07. The molecule has 0 saturated carbocycles. The molecule has 0 aliphatic heterocycles. The number of hydrogen-bond acceptors (Lipinski definition) is 1. The molecule has 0 aliphatic rings. The average molecular weight is 268 g/mol. The van der Waals surface area contributed by atoms with Gasteiger partial charge in [0.15, 0.2) is 0 Å². The van der Waals surface area contributed by atoms with Crippen LogP contribution in [0.2, 0.25) is 0 Å². The van der Waals surface area contributed by atoms with Crippen LogP contribution >= 0.6 is 0 Å². The van der Waals surface area contributed by atoms with Gasteiger partial charge in [0.1, 0.15) is 0 Å². The molecule has 102 valence electrons. The largest absolute Gasteiger partial charge is 0.453 e. The highest BCUT2D eigenvalue weighted by atomic mass is 19.4. The number of hydrogen-bond donors (Lipinski definition) is 1. The first-order chi connectivity index (χ1) is 8.19. The van der Waals surface area contributed by atoms with Crippen molar-refractivity contribution in [2.45, 2.75) is 38.0 Å². The molecule has 0 aromatic heterocycles. The zero-order chi connectivity index (χ0) is 14.0. The number of rotatable bonds is 4. The molecule has 1 aromatic rings. The lowest BCUT2D eigenvalue weighted by molar-refractivity contribution is -0.290. The number of aryl methyl sites for hydroxylation is 1. The Morgan fingerprint density at radius 3 is 2.17 bits per heavy atom. The lowest BCUT2D eigenvalue weighted by atomic mass is 9.96. The van der Waals surface area contributed by atoms with Gasteiger partial charge in [0.2, 0.25) is 0 Å². The van der Waals surface area contributed by atoms with Crippen molar-refractivity contribution in [3.05, 3.63) is 35.4 Å². The highest BCUT2D eigenvalue weighted by Gasteiger charge is 2.58. The van der Waals surface area contributed by atoms with Gasteiger partial charge in [-0.3, -0.25) is 0 Å². The van der Waals surface area contributed by atoms with Crippen LogP contribution in [0.15, 0.2) is 24.3 Å². The summed E-state index contributed by atoms with van der Waals surface area (Å²) >= 11 is 0. The average Bonchev–Trinajstić information content (AvgIpc) is 2.26. The molecule has 0 fully saturated rings. The van der Waals surface area contributed by atoms with Crippen LogP contribution in [0.5, 0.6) is 0 Å². The summed E-state index contributed by atoms with van der Waals surface area (Å²) in [6.45, 7) is 1.73. The maximum Gasteiger partial charge on any atom is 0.453 e. The Hall–Kier alpha value is -1.17. The van der Waals surface area contributed by atoms with Gasteiger partial charge in [-0.2, -0.15) is 22.0 Å². The van der Waals surface area contributed by atoms with E-state index in [-0.39, 0.29) is 5.56 Å². The minimum Gasteiger partial charge on any atom is -0.388 e. The molecule has 1 nitrogen and oxygen atoms in total. The summed E-state index contributed by atoms with van der Waals surface area (Å²) in [5.74, 6) is -4.90. The molecule has 0 radical (unpaired) electrons. The molecule has 0 saturated heterocycles. The Bertz CT molecular complexity index is 400. The molecule has 18 heavy (non-hydrogen) atoms. The van der Waals surface area contributed by atoms with E-state index in [0.29, 0.717) is 12.0 Å². The SMILES string of the molecule is CCc1ccccc1C(O)CC(F)(F)C(F)(F)F. The third-order valence-corrected chi connectivity index (χ3v) is 2.66. The fourth-order valence-corrected chi connectivity index (χ4v) is 1.65. The summed E-state index contributed by atoms with van der Waals surface area (Å²) in [5, 5.41) is 9.55. The van der Waals surface area contributed by atoms with E-state index >= 15 is 0 Å². The minimum absolute atomic E-state index is 0.115. The monoisotopic (exact) mass is 268 g/mol. The number of benzene rings is 1. The Morgan fingerprint density at radius 1 is 1.11 bits per heavy atom. The third-order valence-electron chi connectivity index (χ3n) is 2.66. The summed E-state index contributed by atoms with van der Waals surface area (Å²) < 4.78 is 61.7. The smallest absolute Gasteiger partial charge is 0.388 e. The van der Waals surface area contributed by atoms with E-state index < -0.39 is 24.6 Å². The van der Waals surface area contributed by atoms with Crippen LogP contribution in [-0.4, -0.2) is 17.2 Å². The normalized spacial score (nSPS) is 14.6. The van der Waals surface area contributed by atoms with Gasteiger partial charge in [0.25, 0.3) is 0 Å². The van der Waals surface area contributed by atoms with Gasteiger partial charge in [0, 0.05) is 0 Å². The molecular formula is C12H13F5O. The summed E-state index contributed by atoms with van der Waals surface area (Å²) in [5.41, 5.74) is 0.673. The van der Waals surface area contributed by atoms with E-state index in [4.69, 9.17) is 0 Å². The Kier molecular flexibility index (Phi) is 4.32. The zero-order valence-electron chi connectivity index (χ0n) is 9.64. The molecule has 1 rings (SSSR count). The number of halogens is 5. The van der Waals surface area contributed by atoms with E-state index in [1.54, 1.807) is 19.1 Å². The molecule has 1 unspecified atom stereocenters. The topological polar surface area (TPSA) is 20.2 Å². The molecule has 1 N–H and O–H groups in total. The highest BCUT2D eigenvalue weighted by molar-refractivity contribution is 5.29. The molecule has 6 heteroatoms. The van der Waals surface area contributed by atoms with Gasteiger partial charge >= 0.3 is 12.1 Å². The predicted molar refractivity (Wildman–Crippen MR) is 56.4 cm³/mol. The van der Waals surface area contributed by atoms with E-state index in [9.17, 15) is 27.1 Å². The number of aliphatic hydroxyl groups excluding tert-OH is 1. The Balaban J connectivity index is 2.92. The van der Waals surface area contributed by atoms with Gasteiger partial charge < -0.3 is 5.11 Å². The van der Waals surface area contributed by atoms with Crippen LogP contribution in [0.3, 0.4) is 0 Å². The molecule has 0 bridgehead atoms. The van der Waals surface area contributed by atoms with Crippen LogP contribution in [0.1, 0.15) is 30.6 Å². The third kappa shape index (κ3) is 3.19. The van der Waals surface area contributed by atoms with Gasteiger partial charge in [-0.15, -0.1) is 0 Å². The molecular weight excluding hydrogens is 255 g/mol. The van der Waals surface area contributed by atoms with Gasteiger partial charge in [-0.05, 0) is 17.5 Å². The van der Waals surface area contributed by atoms with Gasteiger partial charge in [-0.1, -0.05) is 31.2 Å². The van der Waals surface area contributed by atoms with E-state index in [2.05, 4.69) is 0 Å². The van der Waals surface area contributed by atoms with Crippen LogP contribution in [-0.2, 0) is 6.42 Å². The van der Waals surface area contributed by atoms with Crippen molar-refractivity contribution >= 4 is 0 Å². The first kappa shape index (κ1) is 14.9. The maximum absolute atomic E-state index is 12.8. The van der Waals surface area contributed by atoms with Crippen LogP contribution < -0.4 is 0 Å². The van der Waals surface area contributed by atoms with Crippen molar-refractivity contribution in [3.63, 3.8) is 0 Å². The fraction of sp³-hybridized carbons (Fsp3) is 0.500. The first-order valence-electron chi connectivity index (χ1n) is 5.39. The number of aliphatic hydroxyl groups is 1. The van der Waals surface area contributed by atoms with Crippen LogP contribution in [0, 0.1) is 0 Å². The number of alkyl halides is 5. The minimum atomic E-state index is -5.64. The van der Waals surface area contributed by atoms with Crippen molar-refractivity contribution in [1.82, 2.24) is 0 Å². The lowest BCUT2D eigenvalue weighted by Gasteiger charge is -2.23. The van der Waals surface area contributed by atoms with Gasteiger partial charge in [0.05, 0.1) is 12.5 Å². The molecule has 1 atom stereocenters. The molecule has 0 heterocycles. The van der Waals surface area contributed by atoms with Crippen LogP contribution in [0.4, 0.5) is 22.0 Å². The van der Waals surface area contributed by atoms with Crippen molar-refractivity contribution < 1.29 is 27.1 Å². The van der Waals surface area contributed by atoms with E-state index in [1.807, 2.05) is 0 Å². The van der Waals surface area contributed by atoms with Gasteiger partial charge in [-0.25, -0.2) is 0 Å². The fourth-order valence-electron chi connectivity index (χ4n) is 1.65. The first-order valence-corrected chi connectivity index (χ1v) is 5.39. The lowest BCUT2D eigenvalue weighted by Crippen LogP contribution is -2.37. The van der Waals surface area contributed by atoms with E-state index in [1.165, 1.54) is 12.1 Å². The molecule has 0 amide bonds. The predicted octanol–water partition coefficient (Wildman–Crippen LogP) is 3.87. The highest BCUT2D eigenvalue weighted by Crippen LogP contribution is 2.41. The second kappa shape index (κ2) is 5.22. The van der Waals surface area contributed by atoms with Crippen molar-refractivity contribution in [2.24, 2.45) is 0 Å². The zero-order valence-corrected chi connectivity index (χ0v) is 9.64.